The van der Waals surface area contributed by atoms with Crippen molar-refractivity contribution in [2.24, 2.45) is 0 Å². The minimum Gasteiger partial charge on any atom is -0.468 e. The maximum absolute atomic E-state index is 13.9. The number of anilines is 1. The molecular formula is C19H19FN4O4S. The summed E-state index contributed by atoms with van der Waals surface area (Å²) in [6, 6.07) is 7.83. The molecule has 1 fully saturated rings. The standard InChI is InChI=1S/C19H19FN4O4S/c1-26-17(25)15-5-8-28-16(15)12-29-19-22-21-18(23-6-9-27-10-7-23)24(19)14-4-2-3-13(20)11-14/h2-5,8,11H,6-7,9-10,12H2,1H3. The van der Waals surface area contributed by atoms with Crippen molar-refractivity contribution in [3.05, 3.63) is 53.7 Å². The van der Waals surface area contributed by atoms with Crippen LogP contribution in [0.2, 0.25) is 0 Å². The molecule has 1 aliphatic heterocycles. The van der Waals surface area contributed by atoms with Gasteiger partial charge in [0, 0.05) is 13.1 Å². The van der Waals surface area contributed by atoms with E-state index in [0.29, 0.717) is 60.2 Å². The Balaban J connectivity index is 1.65. The molecule has 2 aromatic heterocycles. The lowest BCUT2D eigenvalue weighted by Gasteiger charge is -2.27. The summed E-state index contributed by atoms with van der Waals surface area (Å²) in [4.78, 5) is 13.9. The van der Waals surface area contributed by atoms with Crippen molar-refractivity contribution in [2.75, 3.05) is 38.3 Å². The van der Waals surface area contributed by atoms with Crippen molar-refractivity contribution in [3.63, 3.8) is 0 Å². The number of furan rings is 1. The van der Waals surface area contributed by atoms with Crippen molar-refractivity contribution in [1.82, 2.24) is 14.8 Å². The normalized spacial score (nSPS) is 14.2. The van der Waals surface area contributed by atoms with E-state index >= 15 is 0 Å². The summed E-state index contributed by atoms with van der Waals surface area (Å²) in [6.45, 7) is 2.52. The van der Waals surface area contributed by atoms with E-state index in [9.17, 15) is 9.18 Å². The molecule has 29 heavy (non-hydrogen) atoms. The van der Waals surface area contributed by atoms with E-state index in [0.717, 1.165) is 0 Å². The second-order valence-electron chi connectivity index (χ2n) is 6.23. The quantitative estimate of drug-likeness (QED) is 0.446. The highest BCUT2D eigenvalue weighted by molar-refractivity contribution is 7.98. The van der Waals surface area contributed by atoms with Crippen LogP contribution >= 0.6 is 11.8 Å². The first-order valence-corrected chi connectivity index (χ1v) is 9.97. The molecule has 10 heteroatoms. The number of thioether (sulfide) groups is 1. The molecule has 0 aliphatic carbocycles. The number of carbonyl (C=O) groups excluding carboxylic acids is 1. The van der Waals surface area contributed by atoms with Crippen LogP contribution in [0.25, 0.3) is 5.69 Å². The Morgan fingerprint density at radius 2 is 2.10 bits per heavy atom. The number of ether oxygens (including phenoxy) is 2. The Morgan fingerprint density at radius 3 is 2.86 bits per heavy atom. The van der Waals surface area contributed by atoms with Gasteiger partial charge in [-0.05, 0) is 24.3 Å². The third-order valence-electron chi connectivity index (χ3n) is 4.46. The van der Waals surface area contributed by atoms with Crippen molar-refractivity contribution < 1.29 is 23.1 Å². The largest absolute Gasteiger partial charge is 0.468 e. The van der Waals surface area contributed by atoms with Crippen LogP contribution in [0.3, 0.4) is 0 Å². The Labute approximate surface area is 170 Å². The highest BCUT2D eigenvalue weighted by Crippen LogP contribution is 2.30. The number of rotatable bonds is 6. The maximum Gasteiger partial charge on any atom is 0.341 e. The summed E-state index contributed by atoms with van der Waals surface area (Å²) in [6.07, 6.45) is 1.44. The molecule has 0 unspecified atom stereocenters. The lowest BCUT2D eigenvalue weighted by molar-refractivity contribution is 0.0598. The van der Waals surface area contributed by atoms with Gasteiger partial charge < -0.3 is 18.8 Å². The van der Waals surface area contributed by atoms with Crippen LogP contribution in [0.4, 0.5) is 10.3 Å². The predicted molar refractivity (Wildman–Crippen MR) is 104 cm³/mol. The molecule has 1 saturated heterocycles. The number of hydrogen-bond acceptors (Lipinski definition) is 8. The second kappa shape index (κ2) is 8.66. The van der Waals surface area contributed by atoms with Crippen molar-refractivity contribution in [2.45, 2.75) is 10.9 Å². The van der Waals surface area contributed by atoms with Gasteiger partial charge in [-0.2, -0.15) is 0 Å². The molecular weight excluding hydrogens is 399 g/mol. The molecule has 1 aromatic carbocycles. The molecule has 0 atom stereocenters. The van der Waals surface area contributed by atoms with Gasteiger partial charge in [0.2, 0.25) is 5.95 Å². The Bertz CT molecular complexity index is 1000. The van der Waals surface area contributed by atoms with E-state index in [4.69, 9.17) is 13.9 Å². The number of nitrogens with zero attached hydrogens (tertiary/aromatic N) is 4. The third-order valence-corrected chi connectivity index (χ3v) is 5.39. The van der Waals surface area contributed by atoms with Gasteiger partial charge in [-0.3, -0.25) is 4.57 Å². The first-order chi connectivity index (χ1) is 14.2. The molecule has 4 rings (SSSR count). The number of methoxy groups -OCH3 is 1. The average molecular weight is 418 g/mol. The molecule has 0 amide bonds. The van der Waals surface area contributed by atoms with Crippen molar-refractivity contribution in [3.8, 4) is 5.69 Å². The van der Waals surface area contributed by atoms with Gasteiger partial charge in [-0.15, -0.1) is 10.2 Å². The fourth-order valence-electron chi connectivity index (χ4n) is 3.04. The van der Waals surface area contributed by atoms with Crippen molar-refractivity contribution in [1.29, 1.82) is 0 Å². The fraction of sp³-hybridized carbons (Fsp3) is 0.316. The van der Waals surface area contributed by atoms with E-state index < -0.39 is 5.97 Å². The van der Waals surface area contributed by atoms with Crippen LogP contribution in [0.1, 0.15) is 16.1 Å². The number of aromatic nitrogens is 3. The number of morpholine rings is 1. The predicted octanol–water partition coefficient (Wildman–Crippen LogP) is 2.91. The van der Waals surface area contributed by atoms with Gasteiger partial charge >= 0.3 is 5.97 Å². The number of hydrogen-bond donors (Lipinski definition) is 0. The van der Waals surface area contributed by atoms with Gasteiger partial charge in [0.05, 0.1) is 38.0 Å². The highest BCUT2D eigenvalue weighted by Gasteiger charge is 2.23. The zero-order valence-electron chi connectivity index (χ0n) is 15.7. The molecule has 0 saturated carbocycles. The summed E-state index contributed by atoms with van der Waals surface area (Å²) in [5, 5.41) is 9.20. The van der Waals surface area contributed by atoms with E-state index in [1.165, 1.54) is 37.3 Å². The lowest BCUT2D eigenvalue weighted by atomic mass is 10.3. The average Bonchev–Trinajstić information content (AvgIpc) is 3.39. The smallest absolute Gasteiger partial charge is 0.341 e. The van der Waals surface area contributed by atoms with E-state index in [1.807, 2.05) is 0 Å². The van der Waals surface area contributed by atoms with Gasteiger partial charge in [-0.25, -0.2) is 9.18 Å². The summed E-state index contributed by atoms with van der Waals surface area (Å²) in [5.41, 5.74) is 0.983. The first-order valence-electron chi connectivity index (χ1n) is 8.99. The summed E-state index contributed by atoms with van der Waals surface area (Å²) in [5.74, 6) is 0.625. The molecule has 1 aliphatic rings. The number of halogens is 1. The monoisotopic (exact) mass is 418 g/mol. The number of esters is 1. The Hall–Kier alpha value is -2.85. The molecule has 8 nitrogen and oxygen atoms in total. The molecule has 3 heterocycles. The highest BCUT2D eigenvalue weighted by atomic mass is 32.2. The minimum atomic E-state index is -0.463. The van der Waals surface area contributed by atoms with Crippen LogP contribution in [-0.4, -0.2) is 54.1 Å². The molecule has 0 spiro atoms. The van der Waals surface area contributed by atoms with Crippen LogP contribution < -0.4 is 4.90 Å². The fourth-order valence-corrected chi connectivity index (χ4v) is 3.94. The number of carbonyl (C=O) groups is 1. The van der Waals surface area contributed by atoms with Crippen LogP contribution in [0.5, 0.6) is 0 Å². The van der Waals surface area contributed by atoms with Gasteiger partial charge in [-0.1, -0.05) is 17.8 Å². The van der Waals surface area contributed by atoms with Gasteiger partial charge in [0.15, 0.2) is 5.16 Å². The van der Waals surface area contributed by atoms with Crippen molar-refractivity contribution >= 4 is 23.7 Å². The van der Waals surface area contributed by atoms with E-state index in [1.54, 1.807) is 22.8 Å². The molecule has 0 bridgehead atoms. The zero-order chi connectivity index (χ0) is 20.2. The maximum atomic E-state index is 13.9. The first kappa shape index (κ1) is 19.5. The summed E-state index contributed by atoms with van der Waals surface area (Å²) < 4.78 is 31.3. The Morgan fingerprint density at radius 1 is 1.28 bits per heavy atom. The zero-order valence-corrected chi connectivity index (χ0v) is 16.5. The van der Waals surface area contributed by atoms with Gasteiger partial charge in [0.25, 0.3) is 0 Å². The topological polar surface area (TPSA) is 82.6 Å². The van der Waals surface area contributed by atoms with Crippen LogP contribution in [-0.2, 0) is 15.2 Å². The van der Waals surface area contributed by atoms with E-state index in [2.05, 4.69) is 15.1 Å². The van der Waals surface area contributed by atoms with Crippen LogP contribution in [0.15, 0.2) is 46.2 Å². The summed E-state index contributed by atoms with van der Waals surface area (Å²) >= 11 is 1.34. The second-order valence-corrected chi connectivity index (χ2v) is 7.18. The van der Waals surface area contributed by atoms with Crippen LogP contribution in [0, 0.1) is 5.82 Å². The van der Waals surface area contributed by atoms with Gasteiger partial charge in [0.1, 0.15) is 17.1 Å². The molecule has 152 valence electrons. The number of benzene rings is 1. The summed E-state index contributed by atoms with van der Waals surface area (Å²) in [7, 11) is 1.32. The van der Waals surface area contributed by atoms with E-state index in [-0.39, 0.29) is 5.82 Å². The molecule has 0 radical (unpaired) electrons. The lowest BCUT2D eigenvalue weighted by Crippen LogP contribution is -2.37. The molecule has 0 N–H and O–H groups in total. The minimum absolute atomic E-state index is 0.341. The SMILES string of the molecule is COC(=O)c1ccoc1CSc1nnc(N2CCOCC2)n1-c1cccc(F)c1. The Kier molecular flexibility index (Phi) is 5.81. The third kappa shape index (κ3) is 4.13. The molecule has 3 aromatic rings.